The maximum atomic E-state index is 6.64. The minimum absolute atomic E-state index is 0.0738. The van der Waals surface area contributed by atoms with Crippen LogP contribution in [0.25, 0.3) is 0 Å². The maximum Gasteiger partial charge on any atom is 0.226 e. The first kappa shape index (κ1) is 12.2. The minimum atomic E-state index is -0.758. The number of fused-ring (bicyclic) bond motifs is 1. The molecule has 3 rings (SSSR count). The molecule has 2 unspecified atom stereocenters. The summed E-state index contributed by atoms with van der Waals surface area (Å²) in [5.41, 5.74) is 6.79. The van der Waals surface area contributed by atoms with Crippen LogP contribution in [0.5, 0.6) is 5.75 Å². The molecule has 0 saturated carbocycles. The Morgan fingerprint density at radius 3 is 2.95 bits per heavy atom. The van der Waals surface area contributed by atoms with E-state index < -0.39 is 5.54 Å². The second-order valence-electron chi connectivity index (χ2n) is 4.94. The van der Waals surface area contributed by atoms with Gasteiger partial charge in [0, 0.05) is 17.9 Å². The molecule has 0 spiro atoms. The second kappa shape index (κ2) is 4.35. The van der Waals surface area contributed by atoms with E-state index in [1.165, 1.54) is 0 Å². The molecule has 2 aromatic rings. The number of aryl methyl sites for hydroxylation is 1. The van der Waals surface area contributed by atoms with Crippen molar-refractivity contribution in [3.63, 3.8) is 0 Å². The molecule has 5 nitrogen and oxygen atoms in total. The van der Waals surface area contributed by atoms with E-state index in [9.17, 15) is 0 Å². The first-order chi connectivity index (χ1) is 9.16. The summed E-state index contributed by atoms with van der Waals surface area (Å²) in [4.78, 5) is 4.42. The second-order valence-corrected chi connectivity index (χ2v) is 4.94. The van der Waals surface area contributed by atoms with Crippen LogP contribution < -0.4 is 10.5 Å². The molecule has 100 valence electrons. The highest BCUT2D eigenvalue weighted by Gasteiger charge is 2.45. The molecule has 1 aromatic heterocycles. The summed E-state index contributed by atoms with van der Waals surface area (Å²) >= 11 is 0. The third-order valence-electron chi connectivity index (χ3n) is 3.74. The summed E-state index contributed by atoms with van der Waals surface area (Å²) in [7, 11) is 0. The number of nitrogens with zero attached hydrogens (tertiary/aromatic N) is 2. The van der Waals surface area contributed by atoms with Gasteiger partial charge in [-0.15, -0.1) is 0 Å². The highest BCUT2D eigenvalue weighted by atomic mass is 16.5. The smallest absolute Gasteiger partial charge is 0.226 e. The fourth-order valence-corrected chi connectivity index (χ4v) is 2.45. The summed E-state index contributed by atoms with van der Waals surface area (Å²) in [6.45, 7) is 4.56. The van der Waals surface area contributed by atoms with Crippen LogP contribution in [0, 0.1) is 5.92 Å². The Bertz CT molecular complexity index is 596. The normalized spacial score (nSPS) is 25.7. The van der Waals surface area contributed by atoms with Crippen molar-refractivity contribution >= 4 is 0 Å². The average molecular weight is 259 g/mol. The lowest BCUT2D eigenvalue weighted by Crippen LogP contribution is -2.50. The van der Waals surface area contributed by atoms with E-state index in [0.717, 1.165) is 11.3 Å². The number of aromatic nitrogens is 2. The van der Waals surface area contributed by atoms with Crippen LogP contribution in [-0.4, -0.2) is 16.7 Å². The molecule has 1 aromatic carbocycles. The van der Waals surface area contributed by atoms with E-state index in [1.807, 2.05) is 38.1 Å². The third kappa shape index (κ3) is 1.73. The van der Waals surface area contributed by atoms with Crippen LogP contribution >= 0.6 is 0 Å². The van der Waals surface area contributed by atoms with Gasteiger partial charge in [0.2, 0.25) is 5.89 Å². The van der Waals surface area contributed by atoms with Crippen LogP contribution in [0.1, 0.15) is 31.1 Å². The number of hydrogen-bond donors (Lipinski definition) is 1. The van der Waals surface area contributed by atoms with Crippen LogP contribution in [0.4, 0.5) is 0 Å². The Morgan fingerprint density at radius 1 is 1.42 bits per heavy atom. The maximum absolute atomic E-state index is 6.64. The first-order valence-electron chi connectivity index (χ1n) is 6.50. The highest BCUT2D eigenvalue weighted by Crippen LogP contribution is 2.41. The average Bonchev–Trinajstić information content (AvgIpc) is 2.93. The molecule has 5 heteroatoms. The van der Waals surface area contributed by atoms with Crippen LogP contribution in [0.2, 0.25) is 0 Å². The lowest BCUT2D eigenvalue weighted by molar-refractivity contribution is 0.160. The molecule has 0 bridgehead atoms. The van der Waals surface area contributed by atoms with Crippen molar-refractivity contribution < 1.29 is 9.26 Å². The molecule has 2 heterocycles. The predicted molar refractivity (Wildman–Crippen MR) is 69.7 cm³/mol. The van der Waals surface area contributed by atoms with Gasteiger partial charge in [0.05, 0.1) is 6.61 Å². The van der Waals surface area contributed by atoms with Crippen LogP contribution in [0.15, 0.2) is 28.8 Å². The zero-order valence-corrected chi connectivity index (χ0v) is 11.1. The van der Waals surface area contributed by atoms with Gasteiger partial charge in [0.1, 0.15) is 11.3 Å². The van der Waals surface area contributed by atoms with Crippen molar-refractivity contribution in [3.8, 4) is 5.75 Å². The molecule has 0 saturated heterocycles. The van der Waals surface area contributed by atoms with E-state index in [1.54, 1.807) is 0 Å². The molecule has 0 aliphatic carbocycles. The zero-order valence-electron chi connectivity index (χ0n) is 11.1. The van der Waals surface area contributed by atoms with Gasteiger partial charge in [-0.1, -0.05) is 37.2 Å². The monoisotopic (exact) mass is 259 g/mol. The van der Waals surface area contributed by atoms with Gasteiger partial charge >= 0.3 is 0 Å². The van der Waals surface area contributed by atoms with Crippen LogP contribution in [0.3, 0.4) is 0 Å². The number of rotatable bonds is 2. The minimum Gasteiger partial charge on any atom is -0.493 e. The number of para-hydroxylation sites is 1. The lowest BCUT2D eigenvalue weighted by atomic mass is 9.77. The quantitative estimate of drug-likeness (QED) is 0.891. The van der Waals surface area contributed by atoms with Gasteiger partial charge in [-0.3, -0.25) is 0 Å². The lowest BCUT2D eigenvalue weighted by Gasteiger charge is -2.38. The van der Waals surface area contributed by atoms with Crippen LogP contribution in [-0.2, 0) is 12.0 Å². The Balaban J connectivity index is 2.15. The van der Waals surface area contributed by atoms with E-state index in [0.29, 0.717) is 24.7 Å². The molecule has 1 aliphatic rings. The molecule has 1 aliphatic heterocycles. The number of nitrogens with two attached hydrogens (primary N) is 1. The summed E-state index contributed by atoms with van der Waals surface area (Å²) in [5.74, 6) is 2.01. The van der Waals surface area contributed by atoms with Crippen molar-refractivity contribution in [1.29, 1.82) is 0 Å². The van der Waals surface area contributed by atoms with Crippen molar-refractivity contribution in [2.75, 3.05) is 6.61 Å². The van der Waals surface area contributed by atoms with Gasteiger partial charge in [0.15, 0.2) is 5.82 Å². The fourth-order valence-electron chi connectivity index (χ4n) is 2.45. The molecular weight excluding hydrogens is 242 g/mol. The molecule has 0 radical (unpaired) electrons. The van der Waals surface area contributed by atoms with Crippen molar-refractivity contribution in [2.45, 2.75) is 25.8 Å². The number of hydrogen-bond acceptors (Lipinski definition) is 5. The van der Waals surface area contributed by atoms with E-state index >= 15 is 0 Å². The van der Waals surface area contributed by atoms with Crippen molar-refractivity contribution in [2.24, 2.45) is 11.7 Å². The molecule has 19 heavy (non-hydrogen) atoms. The Morgan fingerprint density at radius 2 is 2.21 bits per heavy atom. The number of benzene rings is 1. The van der Waals surface area contributed by atoms with Gasteiger partial charge in [-0.2, -0.15) is 4.98 Å². The van der Waals surface area contributed by atoms with E-state index in [2.05, 4.69) is 10.1 Å². The SMILES string of the molecule is CCc1nc(C2(N)c3ccccc3OCC2C)no1. The summed E-state index contributed by atoms with van der Waals surface area (Å²) in [6.07, 6.45) is 0.704. The summed E-state index contributed by atoms with van der Waals surface area (Å²) in [5, 5.41) is 4.07. The molecule has 0 fully saturated rings. The largest absolute Gasteiger partial charge is 0.493 e. The first-order valence-corrected chi connectivity index (χ1v) is 6.50. The Labute approximate surface area is 111 Å². The molecule has 0 amide bonds. The topological polar surface area (TPSA) is 74.2 Å². The van der Waals surface area contributed by atoms with Gasteiger partial charge in [0.25, 0.3) is 0 Å². The Kier molecular flexibility index (Phi) is 2.78. The third-order valence-corrected chi connectivity index (χ3v) is 3.74. The Hall–Kier alpha value is -1.88. The summed E-state index contributed by atoms with van der Waals surface area (Å²) < 4.78 is 10.9. The highest BCUT2D eigenvalue weighted by molar-refractivity contribution is 5.45. The molecule has 2 atom stereocenters. The van der Waals surface area contributed by atoms with Crippen molar-refractivity contribution in [1.82, 2.24) is 10.1 Å². The zero-order chi connectivity index (χ0) is 13.5. The molecule has 2 N–H and O–H groups in total. The van der Waals surface area contributed by atoms with Gasteiger partial charge in [-0.25, -0.2) is 0 Å². The standard InChI is InChI=1S/C14H17N3O2/c1-3-12-16-13(17-19-12)14(15)9(2)8-18-11-7-5-4-6-10(11)14/h4-7,9H,3,8,15H2,1-2H3. The van der Waals surface area contributed by atoms with E-state index in [4.69, 9.17) is 15.0 Å². The van der Waals surface area contributed by atoms with Crippen molar-refractivity contribution in [3.05, 3.63) is 41.5 Å². The predicted octanol–water partition coefficient (Wildman–Crippen LogP) is 1.86. The molecular formula is C14H17N3O2. The van der Waals surface area contributed by atoms with Gasteiger partial charge < -0.3 is 15.0 Å². The number of ether oxygens (including phenoxy) is 1. The fraction of sp³-hybridized carbons (Fsp3) is 0.429. The van der Waals surface area contributed by atoms with E-state index in [-0.39, 0.29) is 5.92 Å². The van der Waals surface area contributed by atoms with Gasteiger partial charge in [-0.05, 0) is 6.07 Å². The summed E-state index contributed by atoms with van der Waals surface area (Å²) in [6, 6.07) is 7.77.